The van der Waals surface area contributed by atoms with Gasteiger partial charge in [0.25, 0.3) is 0 Å². The van der Waals surface area contributed by atoms with E-state index >= 15 is 0 Å². The average Bonchev–Trinajstić information content (AvgIpc) is 2.16. The first-order valence-electron chi connectivity index (χ1n) is 4.20. The van der Waals surface area contributed by atoms with Gasteiger partial charge < -0.3 is 0 Å². The zero-order valence-electron chi connectivity index (χ0n) is 7.26. The van der Waals surface area contributed by atoms with Crippen LogP contribution in [0.5, 0.6) is 0 Å². The Morgan fingerprint density at radius 2 is 1.80 bits per heavy atom. The summed E-state index contributed by atoms with van der Waals surface area (Å²) in [5.74, 6) is 0.700. The van der Waals surface area contributed by atoms with Crippen molar-refractivity contribution in [2.45, 2.75) is 0 Å². The van der Waals surface area contributed by atoms with Crippen molar-refractivity contribution in [2.75, 3.05) is 0 Å². The van der Waals surface area contributed by atoms with E-state index in [9.17, 15) is 0 Å². The number of benzene rings is 1. The van der Waals surface area contributed by atoms with E-state index in [-0.39, 0.29) is 0 Å². The summed E-state index contributed by atoms with van der Waals surface area (Å²) in [7, 11) is 0. The molecule has 1 aromatic carbocycles. The first-order valence-corrected chi connectivity index (χ1v) is 5.33. The van der Waals surface area contributed by atoms with Gasteiger partial charge >= 0.3 is 0 Å². The van der Waals surface area contributed by atoms with Crippen molar-refractivity contribution >= 4 is 34.8 Å². The number of nitrogens with zero attached hydrogens (tertiary/aromatic N) is 2. The minimum Gasteiger partial charge on any atom is -0.227 e. The predicted molar refractivity (Wildman–Crippen MR) is 61.5 cm³/mol. The van der Waals surface area contributed by atoms with Crippen molar-refractivity contribution in [1.29, 1.82) is 0 Å². The van der Waals surface area contributed by atoms with Crippen molar-refractivity contribution in [3.8, 4) is 22.6 Å². The smallest absolute Gasteiger partial charge is 0.166 e. The molecule has 0 aromatic heterocycles. The van der Waals surface area contributed by atoms with E-state index < -0.39 is 0 Å². The highest BCUT2D eigenvalue weighted by atomic mass is 35.5. The lowest BCUT2D eigenvalue weighted by Gasteiger charge is -2.20. The number of fused-ring (bicyclic) bond motifs is 1. The molecule has 0 aliphatic carbocycles. The van der Waals surface area contributed by atoms with Gasteiger partial charge in [-0.05, 0) is 18.2 Å². The molecule has 0 atom stereocenters. The highest BCUT2D eigenvalue weighted by Gasteiger charge is 2.29. The van der Waals surface area contributed by atoms with Gasteiger partial charge in [0.2, 0.25) is 0 Å². The third kappa shape index (κ3) is 1.26. The molecular formula is C10H3Cl3N2. The van der Waals surface area contributed by atoms with Gasteiger partial charge in [-0.25, -0.2) is 9.97 Å². The van der Waals surface area contributed by atoms with Crippen LogP contribution in [0.3, 0.4) is 0 Å². The van der Waals surface area contributed by atoms with Crippen molar-refractivity contribution in [3.05, 3.63) is 33.4 Å². The first kappa shape index (κ1) is 9.40. The summed E-state index contributed by atoms with van der Waals surface area (Å²) in [5.41, 5.74) is 2.47. The van der Waals surface area contributed by atoms with Crippen LogP contribution in [-0.4, -0.2) is 9.97 Å². The topological polar surface area (TPSA) is 25.8 Å². The molecule has 0 unspecified atom stereocenters. The zero-order chi connectivity index (χ0) is 10.6. The van der Waals surface area contributed by atoms with Gasteiger partial charge in [0.1, 0.15) is 5.15 Å². The van der Waals surface area contributed by atoms with Crippen LogP contribution in [0.2, 0.25) is 15.2 Å². The van der Waals surface area contributed by atoms with E-state index in [1.54, 1.807) is 18.2 Å². The molecule has 0 N–H and O–H groups in total. The molecule has 0 amide bonds. The third-order valence-corrected chi connectivity index (χ3v) is 3.11. The Labute approximate surface area is 101 Å². The monoisotopic (exact) mass is 256 g/mol. The maximum absolute atomic E-state index is 6.04. The Kier molecular flexibility index (Phi) is 1.93. The lowest BCUT2D eigenvalue weighted by molar-refractivity contribution is 1.09. The van der Waals surface area contributed by atoms with Crippen LogP contribution >= 0.6 is 34.8 Å². The molecule has 5 heteroatoms. The second-order valence-electron chi connectivity index (χ2n) is 3.19. The molecule has 1 aromatic rings. The Hall–Kier alpha value is -0.830. The molecule has 0 spiro atoms. The van der Waals surface area contributed by atoms with Crippen LogP contribution in [0.15, 0.2) is 18.2 Å². The van der Waals surface area contributed by atoms with Crippen LogP contribution < -0.4 is 0 Å². The number of hydrogen-bond acceptors (Lipinski definition) is 2. The summed E-state index contributed by atoms with van der Waals surface area (Å²) in [6.07, 6.45) is 0. The average molecular weight is 258 g/mol. The van der Waals surface area contributed by atoms with Crippen LogP contribution in [-0.2, 0) is 0 Å². The second-order valence-corrected chi connectivity index (χ2v) is 4.39. The van der Waals surface area contributed by atoms with Gasteiger partial charge in [0.15, 0.2) is 5.82 Å². The molecule has 2 aliphatic rings. The van der Waals surface area contributed by atoms with E-state index in [0.717, 1.165) is 16.8 Å². The fourth-order valence-electron chi connectivity index (χ4n) is 1.51. The quantitative estimate of drug-likeness (QED) is 0.614. The SMILES string of the molecule is Clc1ccc(Cl)c(-c2nc3nc(Cl)c2-3)c1. The van der Waals surface area contributed by atoms with Gasteiger partial charge in [-0.15, -0.1) is 0 Å². The van der Waals surface area contributed by atoms with E-state index in [1.807, 2.05) is 0 Å². The molecular weight excluding hydrogens is 254 g/mol. The number of rotatable bonds is 1. The third-order valence-electron chi connectivity index (χ3n) is 2.27. The summed E-state index contributed by atoms with van der Waals surface area (Å²) in [4.78, 5) is 8.11. The fourth-order valence-corrected chi connectivity index (χ4v) is 2.14. The first-order chi connectivity index (χ1) is 7.16. The van der Waals surface area contributed by atoms with E-state index in [4.69, 9.17) is 34.8 Å². The van der Waals surface area contributed by atoms with Gasteiger partial charge in [-0.3, -0.25) is 0 Å². The van der Waals surface area contributed by atoms with Gasteiger partial charge in [-0.1, -0.05) is 34.8 Å². The maximum atomic E-state index is 6.04. The second kappa shape index (κ2) is 3.08. The highest BCUT2D eigenvalue weighted by molar-refractivity contribution is 6.37. The molecule has 0 saturated heterocycles. The molecule has 2 heterocycles. The molecule has 15 heavy (non-hydrogen) atoms. The number of hydrogen-bond donors (Lipinski definition) is 0. The van der Waals surface area contributed by atoms with E-state index in [1.165, 1.54) is 0 Å². The van der Waals surface area contributed by atoms with Gasteiger partial charge in [-0.2, -0.15) is 0 Å². The summed E-state index contributed by atoms with van der Waals surface area (Å²) in [6, 6.07) is 5.25. The summed E-state index contributed by atoms with van der Waals surface area (Å²) in [6.45, 7) is 0. The number of halogens is 3. The molecule has 2 aliphatic heterocycles. The molecule has 2 nitrogen and oxygen atoms in total. The lowest BCUT2D eigenvalue weighted by atomic mass is 10.0. The van der Waals surface area contributed by atoms with Crippen LogP contribution in [0.25, 0.3) is 22.6 Å². The van der Waals surface area contributed by atoms with E-state index in [0.29, 0.717) is 21.0 Å². The Morgan fingerprint density at radius 1 is 1.00 bits per heavy atom. The van der Waals surface area contributed by atoms with Crippen molar-refractivity contribution in [3.63, 3.8) is 0 Å². The molecule has 3 rings (SSSR count). The Morgan fingerprint density at radius 3 is 2.47 bits per heavy atom. The van der Waals surface area contributed by atoms with Crippen molar-refractivity contribution in [1.82, 2.24) is 9.97 Å². The molecule has 0 fully saturated rings. The van der Waals surface area contributed by atoms with E-state index in [2.05, 4.69) is 9.97 Å². The Bertz CT molecular complexity index is 581. The van der Waals surface area contributed by atoms with Gasteiger partial charge in [0.05, 0.1) is 16.3 Å². The highest BCUT2D eigenvalue weighted by Crippen LogP contribution is 2.45. The lowest BCUT2D eigenvalue weighted by Crippen LogP contribution is -2.09. The summed E-state index contributed by atoms with van der Waals surface area (Å²) in [5, 5.41) is 1.73. The molecule has 0 radical (unpaired) electrons. The molecule has 0 bridgehead atoms. The standard InChI is InChI=1S/C10H3Cl3N2/c11-4-1-2-6(12)5(3-4)8-7-9(13)15-10(7)14-8/h1-3H. The van der Waals surface area contributed by atoms with Crippen molar-refractivity contribution in [2.24, 2.45) is 0 Å². The Balaban J connectivity index is 2.19. The fraction of sp³-hybridized carbons (Fsp3) is 0. The summed E-state index contributed by atoms with van der Waals surface area (Å²) < 4.78 is 0. The van der Waals surface area contributed by atoms with Crippen LogP contribution in [0.4, 0.5) is 0 Å². The van der Waals surface area contributed by atoms with Crippen molar-refractivity contribution < 1.29 is 0 Å². The largest absolute Gasteiger partial charge is 0.227 e. The van der Waals surface area contributed by atoms with Crippen LogP contribution in [0.1, 0.15) is 0 Å². The predicted octanol–water partition coefficient (Wildman–Crippen LogP) is 4.08. The molecule has 74 valence electrons. The minimum atomic E-state index is 0.492. The normalized spacial score (nSPS) is 11.7. The molecule has 0 saturated carbocycles. The zero-order valence-corrected chi connectivity index (χ0v) is 9.53. The summed E-state index contributed by atoms with van der Waals surface area (Å²) >= 11 is 17.7. The van der Waals surface area contributed by atoms with Gasteiger partial charge in [0, 0.05) is 10.6 Å². The maximum Gasteiger partial charge on any atom is 0.166 e. The number of aromatic nitrogens is 2. The minimum absolute atomic E-state index is 0.492. The van der Waals surface area contributed by atoms with Crippen LogP contribution in [0, 0.1) is 0 Å².